The molecule has 30 heavy (non-hydrogen) atoms. The normalized spacial score (nSPS) is 22.5. The molecule has 0 aliphatic carbocycles. The Morgan fingerprint density at radius 3 is 2.63 bits per heavy atom. The third-order valence-electron chi connectivity index (χ3n) is 5.37. The molecular weight excluding hydrogens is 400 g/mol. The van der Waals surface area contributed by atoms with Gasteiger partial charge in [0.25, 0.3) is 0 Å². The minimum absolute atomic E-state index is 0.0884. The SMILES string of the molecule is C[C@@H]1CN(Cc2csc(NC(=O)Cc3ccc(N4CCCC4=O)cc3)n2)C[C@H](C)O1. The summed E-state index contributed by atoms with van der Waals surface area (Å²) in [7, 11) is 0. The van der Waals surface area contributed by atoms with Gasteiger partial charge < -0.3 is 15.0 Å². The first kappa shape index (κ1) is 21.0. The predicted molar refractivity (Wildman–Crippen MR) is 118 cm³/mol. The lowest BCUT2D eigenvalue weighted by molar-refractivity contribution is -0.117. The van der Waals surface area contributed by atoms with Gasteiger partial charge in [-0.3, -0.25) is 14.5 Å². The number of benzene rings is 1. The number of carbonyl (C=O) groups is 2. The molecule has 3 heterocycles. The van der Waals surface area contributed by atoms with Crippen LogP contribution in [0.25, 0.3) is 0 Å². The van der Waals surface area contributed by atoms with Gasteiger partial charge in [0.15, 0.2) is 5.13 Å². The molecule has 1 aromatic heterocycles. The van der Waals surface area contributed by atoms with Crippen molar-refractivity contribution >= 4 is 34.0 Å². The van der Waals surface area contributed by atoms with Gasteiger partial charge in [0.05, 0.1) is 24.3 Å². The zero-order valence-electron chi connectivity index (χ0n) is 17.5. The van der Waals surface area contributed by atoms with Crippen LogP contribution >= 0.6 is 11.3 Å². The maximum Gasteiger partial charge on any atom is 0.230 e. The number of ether oxygens (including phenoxy) is 1. The van der Waals surface area contributed by atoms with Gasteiger partial charge in [-0.05, 0) is 38.0 Å². The second-order valence-electron chi connectivity index (χ2n) is 8.14. The Morgan fingerprint density at radius 1 is 1.23 bits per heavy atom. The lowest BCUT2D eigenvalue weighted by Crippen LogP contribution is -2.44. The van der Waals surface area contributed by atoms with Crippen LogP contribution in [0.5, 0.6) is 0 Å². The van der Waals surface area contributed by atoms with Gasteiger partial charge in [0.2, 0.25) is 11.8 Å². The van der Waals surface area contributed by atoms with E-state index in [0.717, 1.165) is 49.5 Å². The summed E-state index contributed by atoms with van der Waals surface area (Å²) in [4.78, 5) is 33.0. The smallest absolute Gasteiger partial charge is 0.230 e. The second kappa shape index (κ2) is 9.24. The fraction of sp³-hybridized carbons (Fsp3) is 0.500. The van der Waals surface area contributed by atoms with Crippen LogP contribution < -0.4 is 10.2 Å². The fourth-order valence-electron chi connectivity index (χ4n) is 4.14. The third-order valence-corrected chi connectivity index (χ3v) is 6.17. The summed E-state index contributed by atoms with van der Waals surface area (Å²) < 4.78 is 5.77. The maximum atomic E-state index is 12.4. The van der Waals surface area contributed by atoms with Crippen LogP contribution in [0, 0.1) is 0 Å². The fourth-order valence-corrected chi connectivity index (χ4v) is 4.86. The van der Waals surface area contributed by atoms with E-state index >= 15 is 0 Å². The van der Waals surface area contributed by atoms with E-state index < -0.39 is 0 Å². The average Bonchev–Trinajstić information content (AvgIpc) is 3.30. The highest BCUT2D eigenvalue weighted by Gasteiger charge is 2.23. The van der Waals surface area contributed by atoms with E-state index in [9.17, 15) is 9.59 Å². The lowest BCUT2D eigenvalue weighted by Gasteiger charge is -2.34. The van der Waals surface area contributed by atoms with E-state index in [4.69, 9.17) is 4.74 Å². The van der Waals surface area contributed by atoms with Crippen LogP contribution in [-0.2, 0) is 27.3 Å². The molecule has 2 atom stereocenters. The number of thiazole rings is 1. The van der Waals surface area contributed by atoms with Crippen molar-refractivity contribution in [2.45, 2.75) is 51.9 Å². The van der Waals surface area contributed by atoms with Gasteiger partial charge in [-0.15, -0.1) is 11.3 Å². The molecule has 8 heteroatoms. The molecular formula is C22H28N4O3S. The molecule has 2 fully saturated rings. The van der Waals surface area contributed by atoms with E-state index in [1.807, 2.05) is 29.6 Å². The van der Waals surface area contributed by atoms with Gasteiger partial charge in [0, 0.05) is 43.7 Å². The third kappa shape index (κ3) is 5.24. The van der Waals surface area contributed by atoms with Crippen molar-refractivity contribution in [3.05, 3.63) is 40.9 Å². The number of nitrogens with one attached hydrogen (secondary N) is 1. The summed E-state index contributed by atoms with van der Waals surface area (Å²) in [5.41, 5.74) is 2.78. The number of hydrogen-bond donors (Lipinski definition) is 1. The monoisotopic (exact) mass is 428 g/mol. The first-order valence-corrected chi connectivity index (χ1v) is 11.4. The van der Waals surface area contributed by atoms with E-state index in [1.54, 1.807) is 4.90 Å². The highest BCUT2D eigenvalue weighted by molar-refractivity contribution is 7.13. The Bertz CT molecular complexity index is 888. The van der Waals surface area contributed by atoms with Gasteiger partial charge in [-0.25, -0.2) is 4.98 Å². The molecule has 4 rings (SSSR count). The lowest BCUT2D eigenvalue weighted by atomic mass is 10.1. The summed E-state index contributed by atoms with van der Waals surface area (Å²) in [6.07, 6.45) is 2.25. The highest BCUT2D eigenvalue weighted by Crippen LogP contribution is 2.22. The second-order valence-corrected chi connectivity index (χ2v) is 8.99. The molecule has 0 bridgehead atoms. The number of amides is 2. The molecule has 1 aromatic carbocycles. The van der Waals surface area contributed by atoms with Crippen molar-refractivity contribution in [3.63, 3.8) is 0 Å². The first-order chi connectivity index (χ1) is 14.5. The first-order valence-electron chi connectivity index (χ1n) is 10.5. The van der Waals surface area contributed by atoms with Gasteiger partial charge in [0.1, 0.15) is 0 Å². The minimum Gasteiger partial charge on any atom is -0.373 e. The summed E-state index contributed by atoms with van der Waals surface area (Å²) in [5, 5.41) is 5.53. The number of aromatic nitrogens is 1. The summed E-state index contributed by atoms with van der Waals surface area (Å²) in [6.45, 7) is 7.50. The molecule has 160 valence electrons. The quantitative estimate of drug-likeness (QED) is 0.765. The van der Waals surface area contributed by atoms with Gasteiger partial charge >= 0.3 is 0 Å². The number of anilines is 2. The topological polar surface area (TPSA) is 74.8 Å². The number of carbonyl (C=O) groups excluding carboxylic acids is 2. The van der Waals surface area contributed by atoms with Crippen molar-refractivity contribution in [1.29, 1.82) is 0 Å². The molecule has 7 nitrogen and oxygen atoms in total. The standard InChI is InChI=1S/C22H28N4O3S/c1-15-11-25(12-16(2)29-15)13-18-14-30-22(23-18)24-20(27)10-17-5-7-19(8-6-17)26-9-3-4-21(26)28/h5-8,14-16H,3-4,9-13H2,1-2H3,(H,23,24,27)/t15-,16+. The van der Waals surface area contributed by atoms with Gasteiger partial charge in [-0.2, -0.15) is 0 Å². The van der Waals surface area contributed by atoms with Crippen LogP contribution in [-0.4, -0.2) is 53.5 Å². The van der Waals surface area contributed by atoms with Gasteiger partial charge in [-0.1, -0.05) is 12.1 Å². The van der Waals surface area contributed by atoms with Crippen LogP contribution in [0.2, 0.25) is 0 Å². The van der Waals surface area contributed by atoms with Crippen molar-refractivity contribution in [3.8, 4) is 0 Å². The number of rotatable bonds is 6. The predicted octanol–water partition coefficient (Wildman–Crippen LogP) is 3.06. The molecule has 1 N–H and O–H groups in total. The molecule has 0 spiro atoms. The maximum absolute atomic E-state index is 12.4. The molecule has 2 aliphatic rings. The summed E-state index contributed by atoms with van der Waals surface area (Å²) in [6, 6.07) is 7.65. The van der Waals surface area contributed by atoms with Crippen molar-refractivity contribution < 1.29 is 14.3 Å². The van der Waals surface area contributed by atoms with Crippen LogP contribution in [0.4, 0.5) is 10.8 Å². The average molecular weight is 429 g/mol. The largest absolute Gasteiger partial charge is 0.373 e. The number of hydrogen-bond acceptors (Lipinski definition) is 6. The van der Waals surface area contributed by atoms with E-state index in [0.29, 0.717) is 11.6 Å². The van der Waals surface area contributed by atoms with Crippen LogP contribution in [0.1, 0.15) is 37.9 Å². The molecule has 2 saturated heterocycles. The highest BCUT2D eigenvalue weighted by atomic mass is 32.1. The molecule has 2 aliphatic heterocycles. The number of nitrogens with zero attached hydrogens (tertiary/aromatic N) is 3. The van der Waals surface area contributed by atoms with E-state index in [-0.39, 0.29) is 30.4 Å². The Morgan fingerprint density at radius 2 is 1.97 bits per heavy atom. The zero-order valence-corrected chi connectivity index (χ0v) is 18.3. The van der Waals surface area contributed by atoms with Crippen molar-refractivity contribution in [2.24, 2.45) is 0 Å². The molecule has 2 aromatic rings. The summed E-state index contributed by atoms with van der Waals surface area (Å²) in [5.74, 6) is 0.0792. The van der Waals surface area contributed by atoms with Crippen molar-refractivity contribution in [2.75, 3.05) is 29.9 Å². The molecule has 0 radical (unpaired) electrons. The van der Waals surface area contributed by atoms with Crippen LogP contribution in [0.3, 0.4) is 0 Å². The van der Waals surface area contributed by atoms with E-state index in [2.05, 4.69) is 29.0 Å². The van der Waals surface area contributed by atoms with Crippen LogP contribution in [0.15, 0.2) is 29.6 Å². The Balaban J connectivity index is 1.28. The summed E-state index contributed by atoms with van der Waals surface area (Å²) >= 11 is 1.45. The minimum atomic E-state index is -0.0884. The Hall–Kier alpha value is -2.29. The number of morpholine rings is 1. The molecule has 0 saturated carbocycles. The van der Waals surface area contributed by atoms with Crippen molar-refractivity contribution in [1.82, 2.24) is 9.88 Å². The Kier molecular flexibility index (Phi) is 6.46. The zero-order chi connectivity index (χ0) is 21.1. The molecule has 2 amide bonds. The van der Waals surface area contributed by atoms with E-state index in [1.165, 1.54) is 11.3 Å². The molecule has 0 unspecified atom stereocenters. The Labute approximate surface area is 181 Å².